The summed E-state index contributed by atoms with van der Waals surface area (Å²) in [6, 6.07) is 0. The first-order valence-electron chi connectivity index (χ1n) is 3.68. The molecule has 0 saturated heterocycles. The molecule has 0 N–H and O–H groups in total. The third-order valence-corrected chi connectivity index (χ3v) is 1.97. The first kappa shape index (κ1) is 9.32. The van der Waals surface area contributed by atoms with Crippen LogP contribution in [0.1, 0.15) is 29.5 Å². The lowest BCUT2D eigenvalue weighted by atomic mass is 10.2. The number of rotatable bonds is 3. The van der Waals surface area contributed by atoms with Crippen LogP contribution in [0.2, 0.25) is 0 Å². The number of carbonyl (C=O) groups excluding carboxylic acids is 1. The van der Waals surface area contributed by atoms with E-state index < -0.39 is 0 Å². The van der Waals surface area contributed by atoms with Gasteiger partial charge in [-0.3, -0.25) is 4.79 Å². The summed E-state index contributed by atoms with van der Waals surface area (Å²) >= 11 is 3.23. The average molecular weight is 229 g/mol. The maximum Gasteiger partial charge on any atom is 0.165 e. The molecule has 1 rings (SSSR count). The highest BCUT2D eigenvalue weighted by Crippen LogP contribution is 2.02. The molecule has 0 radical (unpaired) electrons. The second kappa shape index (κ2) is 4.30. The summed E-state index contributed by atoms with van der Waals surface area (Å²) in [5.74, 6) is 0.777. The van der Waals surface area contributed by atoms with Gasteiger partial charge in [-0.05, 0) is 0 Å². The first-order valence-corrected chi connectivity index (χ1v) is 4.80. The number of nitrogens with zero attached hydrogens (tertiary/aromatic N) is 2. The Morgan fingerprint density at radius 1 is 1.50 bits per heavy atom. The van der Waals surface area contributed by atoms with Gasteiger partial charge in [-0.25, -0.2) is 9.97 Å². The normalized spacial score (nSPS) is 9.83. The molecule has 12 heavy (non-hydrogen) atoms. The Hall–Kier alpha value is -0.770. The highest BCUT2D eigenvalue weighted by atomic mass is 79.9. The van der Waals surface area contributed by atoms with Crippen molar-refractivity contribution in [1.82, 2.24) is 9.97 Å². The molecule has 0 aliphatic carbocycles. The lowest BCUT2D eigenvalue weighted by molar-refractivity contribution is 0.0987. The van der Waals surface area contributed by atoms with Crippen molar-refractivity contribution in [3.05, 3.63) is 23.8 Å². The Morgan fingerprint density at radius 2 is 2.08 bits per heavy atom. The van der Waals surface area contributed by atoms with Crippen molar-refractivity contribution in [3.8, 4) is 0 Å². The summed E-state index contributed by atoms with van der Waals surface area (Å²) < 4.78 is 0. The van der Waals surface area contributed by atoms with Crippen LogP contribution < -0.4 is 0 Å². The van der Waals surface area contributed by atoms with Crippen LogP contribution in [0.3, 0.4) is 0 Å². The minimum atomic E-state index is 0.0797. The van der Waals surface area contributed by atoms with Gasteiger partial charge >= 0.3 is 0 Å². The standard InChI is InChI=1S/C8H9BrN2O/c1-2-7(12)6-4-10-8(3-9)11-5-6/h4-5H,2-3H2,1H3. The molecule has 0 saturated carbocycles. The Morgan fingerprint density at radius 3 is 2.50 bits per heavy atom. The highest BCUT2D eigenvalue weighted by molar-refractivity contribution is 9.08. The van der Waals surface area contributed by atoms with Gasteiger partial charge in [0.15, 0.2) is 5.78 Å². The van der Waals surface area contributed by atoms with E-state index in [1.54, 1.807) is 12.4 Å². The van der Waals surface area contributed by atoms with Crippen LogP contribution in [0.5, 0.6) is 0 Å². The van der Waals surface area contributed by atoms with Gasteiger partial charge in [-0.15, -0.1) is 0 Å². The topological polar surface area (TPSA) is 42.9 Å². The summed E-state index contributed by atoms with van der Waals surface area (Å²) in [4.78, 5) is 19.1. The maximum absolute atomic E-state index is 11.1. The van der Waals surface area contributed by atoms with E-state index in [2.05, 4.69) is 25.9 Å². The van der Waals surface area contributed by atoms with Crippen LogP contribution in [0.25, 0.3) is 0 Å². The van der Waals surface area contributed by atoms with E-state index in [9.17, 15) is 4.79 Å². The first-order chi connectivity index (χ1) is 5.77. The summed E-state index contributed by atoms with van der Waals surface area (Å²) in [6.07, 6.45) is 3.63. The molecule has 0 atom stereocenters. The average Bonchev–Trinajstić information content (AvgIpc) is 2.17. The highest BCUT2D eigenvalue weighted by Gasteiger charge is 2.03. The third kappa shape index (κ3) is 2.11. The van der Waals surface area contributed by atoms with E-state index in [4.69, 9.17) is 0 Å². The second-order valence-electron chi connectivity index (χ2n) is 2.30. The Labute approximate surface area is 79.4 Å². The molecule has 3 nitrogen and oxygen atoms in total. The van der Waals surface area contributed by atoms with Crippen molar-refractivity contribution in [2.45, 2.75) is 18.7 Å². The number of hydrogen-bond donors (Lipinski definition) is 0. The zero-order valence-electron chi connectivity index (χ0n) is 6.75. The minimum absolute atomic E-state index is 0.0797. The monoisotopic (exact) mass is 228 g/mol. The van der Waals surface area contributed by atoms with E-state index in [-0.39, 0.29) is 5.78 Å². The predicted molar refractivity (Wildman–Crippen MR) is 49.3 cm³/mol. The van der Waals surface area contributed by atoms with E-state index in [0.29, 0.717) is 23.1 Å². The zero-order chi connectivity index (χ0) is 8.97. The number of carbonyl (C=O) groups is 1. The van der Waals surface area contributed by atoms with Gasteiger partial charge in [0.2, 0.25) is 0 Å². The molecular weight excluding hydrogens is 220 g/mol. The molecule has 0 bridgehead atoms. The molecule has 1 aromatic rings. The molecule has 0 aliphatic heterocycles. The fourth-order valence-corrected chi connectivity index (χ4v) is 1.06. The number of halogens is 1. The molecule has 0 fully saturated rings. The van der Waals surface area contributed by atoms with Gasteiger partial charge < -0.3 is 0 Å². The molecule has 0 amide bonds. The van der Waals surface area contributed by atoms with Gasteiger partial charge in [0.05, 0.1) is 10.9 Å². The van der Waals surface area contributed by atoms with Crippen LogP contribution >= 0.6 is 15.9 Å². The summed E-state index contributed by atoms with van der Waals surface area (Å²) in [6.45, 7) is 1.82. The lowest BCUT2D eigenvalue weighted by Gasteiger charge is -1.96. The molecule has 4 heteroatoms. The van der Waals surface area contributed by atoms with Crippen molar-refractivity contribution < 1.29 is 4.79 Å². The molecule has 0 aliphatic rings. The Balaban J connectivity index is 2.84. The largest absolute Gasteiger partial charge is 0.294 e. The Kier molecular flexibility index (Phi) is 3.34. The van der Waals surface area contributed by atoms with Crippen LogP contribution in [0, 0.1) is 0 Å². The molecule has 64 valence electrons. The maximum atomic E-state index is 11.1. The molecule has 0 unspecified atom stereocenters. The van der Waals surface area contributed by atoms with Gasteiger partial charge in [0.1, 0.15) is 5.82 Å². The van der Waals surface area contributed by atoms with Crippen molar-refractivity contribution in [2.24, 2.45) is 0 Å². The van der Waals surface area contributed by atoms with Crippen LogP contribution in [0.4, 0.5) is 0 Å². The fraction of sp³-hybridized carbons (Fsp3) is 0.375. The van der Waals surface area contributed by atoms with Crippen molar-refractivity contribution in [1.29, 1.82) is 0 Å². The fourth-order valence-electron chi connectivity index (χ4n) is 0.772. The van der Waals surface area contributed by atoms with Crippen LogP contribution in [-0.2, 0) is 5.33 Å². The van der Waals surface area contributed by atoms with Crippen LogP contribution in [-0.4, -0.2) is 15.8 Å². The number of alkyl halides is 1. The van der Waals surface area contributed by atoms with Crippen LogP contribution in [0.15, 0.2) is 12.4 Å². The number of hydrogen-bond acceptors (Lipinski definition) is 3. The second-order valence-corrected chi connectivity index (χ2v) is 2.86. The van der Waals surface area contributed by atoms with Gasteiger partial charge in [0.25, 0.3) is 0 Å². The number of ketones is 1. The number of Topliss-reactive ketones (excluding diaryl/α,β-unsaturated/α-hetero) is 1. The molecule has 1 aromatic heterocycles. The van der Waals surface area contributed by atoms with Gasteiger partial charge in [-0.2, -0.15) is 0 Å². The zero-order valence-corrected chi connectivity index (χ0v) is 8.34. The van der Waals surface area contributed by atoms with E-state index in [1.807, 2.05) is 6.92 Å². The lowest BCUT2D eigenvalue weighted by Crippen LogP contribution is -2.00. The minimum Gasteiger partial charge on any atom is -0.294 e. The van der Waals surface area contributed by atoms with E-state index in [1.165, 1.54) is 0 Å². The van der Waals surface area contributed by atoms with Crippen molar-refractivity contribution >= 4 is 21.7 Å². The predicted octanol–water partition coefficient (Wildman–Crippen LogP) is 1.96. The molecule has 1 heterocycles. The summed E-state index contributed by atoms with van der Waals surface area (Å²) in [5.41, 5.74) is 0.585. The van der Waals surface area contributed by atoms with Crippen molar-refractivity contribution in [2.75, 3.05) is 0 Å². The van der Waals surface area contributed by atoms with E-state index in [0.717, 1.165) is 0 Å². The molecular formula is C8H9BrN2O. The number of aromatic nitrogens is 2. The third-order valence-electron chi connectivity index (χ3n) is 1.47. The summed E-state index contributed by atoms with van der Waals surface area (Å²) in [5, 5.41) is 0.619. The Bertz CT molecular complexity index is 271. The molecule has 0 spiro atoms. The van der Waals surface area contributed by atoms with Gasteiger partial charge in [0, 0.05) is 18.8 Å². The summed E-state index contributed by atoms with van der Waals surface area (Å²) in [7, 11) is 0. The smallest absolute Gasteiger partial charge is 0.165 e. The van der Waals surface area contributed by atoms with Crippen molar-refractivity contribution in [3.63, 3.8) is 0 Å². The van der Waals surface area contributed by atoms with Gasteiger partial charge in [-0.1, -0.05) is 22.9 Å². The van der Waals surface area contributed by atoms with E-state index >= 15 is 0 Å². The quantitative estimate of drug-likeness (QED) is 0.587. The SMILES string of the molecule is CCC(=O)c1cnc(CBr)nc1. The molecule has 0 aromatic carbocycles.